The summed E-state index contributed by atoms with van der Waals surface area (Å²) in [5, 5.41) is 3.57. The number of rotatable bonds is 15. The second-order valence-corrected chi connectivity index (χ2v) is 14.3. The van der Waals surface area contributed by atoms with Gasteiger partial charge in [-0.3, -0.25) is 13.9 Å². The number of carbonyl (C=O) groups is 2. The number of ether oxygens (including phenoxy) is 2. The number of nitrogens with one attached hydrogen (secondary N) is 1. The van der Waals surface area contributed by atoms with Crippen LogP contribution < -0.4 is 19.1 Å². The molecule has 0 saturated carbocycles. The summed E-state index contributed by atoms with van der Waals surface area (Å²) in [7, 11) is -1.46. The van der Waals surface area contributed by atoms with Crippen molar-refractivity contribution >= 4 is 39.1 Å². The first-order valence-electron chi connectivity index (χ1n) is 16.1. The average Bonchev–Trinajstić information content (AvgIpc) is 3.08. The topological polar surface area (TPSA) is 105 Å². The molecule has 11 heteroatoms. The van der Waals surface area contributed by atoms with Gasteiger partial charge < -0.3 is 19.7 Å². The van der Waals surface area contributed by atoms with Crippen LogP contribution in [0.3, 0.4) is 0 Å². The van der Waals surface area contributed by atoms with Crippen molar-refractivity contribution in [2.45, 2.75) is 64.1 Å². The first kappa shape index (κ1) is 37.3. The quantitative estimate of drug-likeness (QED) is 0.147. The lowest BCUT2D eigenvalue weighted by Crippen LogP contribution is -2.54. The summed E-state index contributed by atoms with van der Waals surface area (Å²) in [5.41, 5.74) is 3.54. The Morgan fingerprint density at radius 1 is 0.837 bits per heavy atom. The number of methoxy groups -OCH3 is 2. The highest BCUT2D eigenvalue weighted by Gasteiger charge is 2.35. The van der Waals surface area contributed by atoms with Crippen LogP contribution >= 0.6 is 11.6 Å². The predicted molar refractivity (Wildman–Crippen MR) is 194 cm³/mol. The first-order valence-corrected chi connectivity index (χ1v) is 17.9. The first-order chi connectivity index (χ1) is 23.4. The number of carbonyl (C=O) groups excluding carboxylic acids is 2. The fourth-order valence-corrected chi connectivity index (χ4v) is 7.05. The molecule has 0 saturated heterocycles. The molecule has 0 bridgehead atoms. The van der Waals surface area contributed by atoms with Crippen molar-refractivity contribution in [2.24, 2.45) is 0 Å². The van der Waals surface area contributed by atoms with Crippen molar-refractivity contribution in [3.05, 3.63) is 118 Å². The Hall–Kier alpha value is -4.54. The van der Waals surface area contributed by atoms with E-state index in [0.717, 1.165) is 26.6 Å². The molecule has 1 N–H and O–H groups in total. The highest BCUT2D eigenvalue weighted by molar-refractivity contribution is 7.92. The van der Waals surface area contributed by atoms with E-state index in [2.05, 4.69) is 5.32 Å². The molecule has 0 unspecified atom stereocenters. The van der Waals surface area contributed by atoms with Crippen molar-refractivity contribution < 1.29 is 27.5 Å². The van der Waals surface area contributed by atoms with Gasteiger partial charge in [0.15, 0.2) is 11.5 Å². The lowest BCUT2D eigenvalue weighted by Gasteiger charge is -2.34. The molecule has 9 nitrogen and oxygen atoms in total. The number of nitrogens with zero attached hydrogens (tertiary/aromatic N) is 2. The van der Waals surface area contributed by atoms with Crippen LogP contribution in [0.2, 0.25) is 5.02 Å². The predicted octanol–water partition coefficient (Wildman–Crippen LogP) is 6.72. The van der Waals surface area contributed by atoms with E-state index in [0.29, 0.717) is 22.9 Å². The Kier molecular flexibility index (Phi) is 12.7. The van der Waals surface area contributed by atoms with Gasteiger partial charge in [0.1, 0.15) is 12.6 Å². The van der Waals surface area contributed by atoms with Crippen LogP contribution in [-0.2, 0) is 32.6 Å². The fourth-order valence-electron chi connectivity index (χ4n) is 5.51. The fraction of sp³-hybridized carbons (Fsp3) is 0.316. The van der Waals surface area contributed by atoms with Gasteiger partial charge in [-0.25, -0.2) is 8.42 Å². The summed E-state index contributed by atoms with van der Waals surface area (Å²) in [5.74, 6) is -0.301. The normalized spacial score (nSPS) is 12.5. The highest BCUT2D eigenvalue weighted by atomic mass is 35.5. The van der Waals surface area contributed by atoms with E-state index in [4.69, 9.17) is 21.1 Å². The van der Waals surface area contributed by atoms with Gasteiger partial charge in [-0.2, -0.15) is 0 Å². The third-order valence-electron chi connectivity index (χ3n) is 8.25. The summed E-state index contributed by atoms with van der Waals surface area (Å²) < 4.78 is 40.9. The minimum absolute atomic E-state index is 0.0402. The number of hydrogen-bond donors (Lipinski definition) is 1. The van der Waals surface area contributed by atoms with Crippen LogP contribution in [0, 0.1) is 13.8 Å². The van der Waals surface area contributed by atoms with E-state index in [1.807, 2.05) is 64.1 Å². The van der Waals surface area contributed by atoms with Crippen LogP contribution in [0.1, 0.15) is 42.5 Å². The Morgan fingerprint density at radius 2 is 1.47 bits per heavy atom. The molecule has 49 heavy (non-hydrogen) atoms. The molecular weight excluding hydrogens is 662 g/mol. The third kappa shape index (κ3) is 9.55. The van der Waals surface area contributed by atoms with E-state index in [1.165, 1.54) is 37.3 Å². The standard InChI is InChI=1S/C38H44ClN3O6S/c1-7-28(4)40-38(44)34(22-29-11-9-8-10-12-29)41(24-30-13-15-31(39)16-14-30)37(43)25-42(32-20-26(2)19-27(3)21-32)49(45,46)33-17-18-35(47-5)36(23-33)48-6/h8-21,23,28,34H,7,22,24-25H2,1-6H3,(H,40,44)/t28-,34+/m0/s1. The zero-order valence-corrected chi connectivity index (χ0v) is 30.3. The van der Waals surface area contributed by atoms with Crippen LogP contribution in [-0.4, -0.2) is 58.0 Å². The summed E-state index contributed by atoms with van der Waals surface area (Å²) >= 11 is 6.18. The molecule has 0 heterocycles. The van der Waals surface area contributed by atoms with Crippen LogP contribution in [0.4, 0.5) is 5.69 Å². The van der Waals surface area contributed by atoms with E-state index in [-0.39, 0.29) is 35.6 Å². The van der Waals surface area contributed by atoms with E-state index >= 15 is 0 Å². The van der Waals surface area contributed by atoms with Crippen LogP contribution in [0.25, 0.3) is 0 Å². The summed E-state index contributed by atoms with van der Waals surface area (Å²) in [6.07, 6.45) is 0.910. The van der Waals surface area contributed by atoms with Crippen LogP contribution in [0.15, 0.2) is 95.9 Å². The van der Waals surface area contributed by atoms with Gasteiger partial charge >= 0.3 is 0 Å². The molecule has 2 atom stereocenters. The Balaban J connectivity index is 1.85. The van der Waals surface area contributed by atoms with Gasteiger partial charge in [0.25, 0.3) is 10.0 Å². The summed E-state index contributed by atoms with van der Waals surface area (Å²) in [6.45, 7) is 7.06. The molecule has 2 amide bonds. The Bertz CT molecular complexity index is 1830. The molecule has 4 rings (SSSR count). The molecule has 0 radical (unpaired) electrons. The number of sulfonamides is 1. The van der Waals surface area contributed by atoms with Crippen LogP contribution in [0.5, 0.6) is 11.5 Å². The largest absolute Gasteiger partial charge is 0.493 e. The lowest BCUT2D eigenvalue weighted by molar-refractivity contribution is -0.140. The average molecular weight is 706 g/mol. The SMILES string of the molecule is CC[C@H](C)NC(=O)[C@@H](Cc1ccccc1)N(Cc1ccc(Cl)cc1)C(=O)CN(c1cc(C)cc(C)c1)S(=O)(=O)c1ccc(OC)c(OC)c1. The molecule has 4 aromatic rings. The molecular formula is C38H44ClN3O6S. The van der Waals surface area contributed by atoms with Gasteiger partial charge in [0, 0.05) is 30.1 Å². The van der Waals surface area contributed by atoms with Gasteiger partial charge in [0.2, 0.25) is 11.8 Å². The second-order valence-electron chi connectivity index (χ2n) is 12.0. The highest BCUT2D eigenvalue weighted by Crippen LogP contribution is 2.33. The lowest BCUT2D eigenvalue weighted by atomic mass is 10.0. The van der Waals surface area contributed by atoms with Crippen molar-refractivity contribution in [2.75, 3.05) is 25.1 Å². The van der Waals surface area contributed by atoms with Gasteiger partial charge in [0.05, 0.1) is 24.8 Å². The molecule has 4 aromatic carbocycles. The number of benzene rings is 4. The van der Waals surface area contributed by atoms with Crippen molar-refractivity contribution in [1.29, 1.82) is 0 Å². The molecule has 0 aliphatic rings. The maximum atomic E-state index is 14.7. The molecule has 0 spiro atoms. The zero-order valence-electron chi connectivity index (χ0n) is 28.8. The number of anilines is 1. The van der Waals surface area contributed by atoms with E-state index < -0.39 is 28.5 Å². The van der Waals surface area contributed by atoms with Crippen molar-refractivity contribution in [3.63, 3.8) is 0 Å². The molecule has 260 valence electrons. The van der Waals surface area contributed by atoms with E-state index in [9.17, 15) is 18.0 Å². The minimum atomic E-state index is -4.35. The number of amides is 2. The second kappa shape index (κ2) is 16.7. The van der Waals surface area contributed by atoms with Gasteiger partial charge in [-0.05, 0) is 85.8 Å². The smallest absolute Gasteiger partial charge is 0.264 e. The van der Waals surface area contributed by atoms with E-state index in [1.54, 1.807) is 36.4 Å². The third-order valence-corrected chi connectivity index (χ3v) is 10.3. The van der Waals surface area contributed by atoms with Crippen molar-refractivity contribution in [3.8, 4) is 11.5 Å². The molecule has 0 fully saturated rings. The minimum Gasteiger partial charge on any atom is -0.493 e. The van der Waals surface area contributed by atoms with Gasteiger partial charge in [-0.1, -0.05) is 67.1 Å². The number of halogens is 1. The molecule has 0 aliphatic heterocycles. The number of hydrogen-bond acceptors (Lipinski definition) is 6. The maximum absolute atomic E-state index is 14.7. The molecule has 0 aliphatic carbocycles. The summed E-state index contributed by atoms with van der Waals surface area (Å²) in [4.78, 5) is 30.1. The summed E-state index contributed by atoms with van der Waals surface area (Å²) in [6, 6.07) is 25.0. The Labute approximate surface area is 294 Å². The Morgan fingerprint density at radius 3 is 2.06 bits per heavy atom. The monoisotopic (exact) mass is 705 g/mol. The molecule has 0 aromatic heterocycles. The van der Waals surface area contributed by atoms with Gasteiger partial charge in [-0.15, -0.1) is 0 Å². The van der Waals surface area contributed by atoms with Crippen molar-refractivity contribution in [1.82, 2.24) is 10.2 Å². The maximum Gasteiger partial charge on any atom is 0.264 e. The zero-order chi connectivity index (χ0) is 35.7. The number of aryl methyl sites for hydroxylation is 2.